The van der Waals surface area contributed by atoms with Crippen molar-refractivity contribution < 1.29 is 9.59 Å². The highest BCUT2D eigenvalue weighted by atomic mass is 32.1. The topological polar surface area (TPSA) is 59.1 Å². The number of aromatic nitrogens is 1. The number of benzene rings is 1. The first kappa shape index (κ1) is 15.4. The van der Waals surface area contributed by atoms with Crippen LogP contribution < -0.4 is 5.32 Å². The minimum absolute atomic E-state index is 0.0170. The maximum atomic E-state index is 12.0. The number of ketones is 1. The molecule has 2 rings (SSSR count). The fraction of sp³-hybridized carbons (Fsp3) is 0.312. The smallest absolute Gasteiger partial charge is 0.226 e. The summed E-state index contributed by atoms with van der Waals surface area (Å²) in [7, 11) is 0. The van der Waals surface area contributed by atoms with Gasteiger partial charge in [0.2, 0.25) is 5.91 Å². The van der Waals surface area contributed by atoms with Gasteiger partial charge in [0.1, 0.15) is 0 Å². The van der Waals surface area contributed by atoms with E-state index >= 15 is 0 Å². The number of amides is 1. The monoisotopic (exact) mass is 302 g/mol. The molecule has 5 heteroatoms. The number of nitrogens with zero attached hydrogens (tertiary/aromatic N) is 1. The Bertz CT molecular complexity index is 640. The summed E-state index contributed by atoms with van der Waals surface area (Å²) in [6, 6.07) is 7.38. The Labute approximate surface area is 128 Å². The zero-order valence-corrected chi connectivity index (χ0v) is 13.2. The zero-order valence-electron chi connectivity index (χ0n) is 12.4. The van der Waals surface area contributed by atoms with Gasteiger partial charge < -0.3 is 5.32 Å². The molecule has 0 aliphatic carbocycles. The third-order valence-corrected chi connectivity index (χ3v) is 4.22. The molecule has 1 amide bonds. The molecule has 0 aliphatic rings. The first-order valence-corrected chi connectivity index (χ1v) is 7.61. The van der Waals surface area contributed by atoms with Crippen molar-refractivity contribution >= 4 is 28.2 Å². The van der Waals surface area contributed by atoms with Gasteiger partial charge in [0.25, 0.3) is 0 Å². The fourth-order valence-corrected chi connectivity index (χ4v) is 2.65. The molecule has 1 aromatic heterocycles. The minimum atomic E-state index is -0.177. The molecular formula is C16H18N2O2S. The summed E-state index contributed by atoms with van der Waals surface area (Å²) in [5.41, 5.74) is 2.68. The first-order chi connectivity index (χ1) is 9.95. The Morgan fingerprint density at radius 2 is 1.76 bits per heavy atom. The van der Waals surface area contributed by atoms with E-state index in [4.69, 9.17) is 0 Å². The van der Waals surface area contributed by atoms with Crippen molar-refractivity contribution in [3.8, 4) is 0 Å². The molecule has 110 valence electrons. The van der Waals surface area contributed by atoms with Crippen molar-refractivity contribution in [3.05, 3.63) is 46.0 Å². The number of carbonyl (C=O) groups excluding carboxylic acids is 2. The van der Waals surface area contributed by atoms with Crippen LogP contribution in [0.3, 0.4) is 0 Å². The number of rotatable bonds is 5. The predicted octanol–water partition coefficient (Wildman–Crippen LogP) is 3.67. The van der Waals surface area contributed by atoms with E-state index in [1.165, 1.54) is 11.3 Å². The number of Topliss-reactive ketones (excluding diaryl/α,β-unsaturated/α-hetero) is 1. The molecule has 1 heterocycles. The summed E-state index contributed by atoms with van der Waals surface area (Å²) in [5, 5.41) is 3.33. The molecule has 0 spiro atoms. The molecule has 1 aromatic carbocycles. The van der Waals surface area contributed by atoms with Gasteiger partial charge in [0.05, 0.1) is 5.69 Å². The van der Waals surface area contributed by atoms with Crippen LogP contribution in [0.5, 0.6) is 0 Å². The van der Waals surface area contributed by atoms with Crippen LogP contribution >= 0.6 is 11.3 Å². The first-order valence-electron chi connectivity index (χ1n) is 6.79. The molecule has 2 aromatic rings. The van der Waals surface area contributed by atoms with Gasteiger partial charge in [-0.25, -0.2) is 4.98 Å². The van der Waals surface area contributed by atoms with Crippen LogP contribution in [0, 0.1) is 20.8 Å². The lowest BCUT2D eigenvalue weighted by atomic mass is 10.1. The van der Waals surface area contributed by atoms with Crippen molar-refractivity contribution in [3.63, 3.8) is 0 Å². The highest BCUT2D eigenvalue weighted by Crippen LogP contribution is 2.21. The lowest BCUT2D eigenvalue weighted by molar-refractivity contribution is -0.116. The van der Waals surface area contributed by atoms with Crippen LogP contribution in [0.15, 0.2) is 24.3 Å². The van der Waals surface area contributed by atoms with Crippen molar-refractivity contribution in [2.24, 2.45) is 0 Å². The van der Waals surface area contributed by atoms with Crippen molar-refractivity contribution in [1.29, 1.82) is 0 Å². The Morgan fingerprint density at radius 3 is 2.33 bits per heavy atom. The maximum absolute atomic E-state index is 12.0. The Balaban J connectivity index is 1.86. The van der Waals surface area contributed by atoms with E-state index in [9.17, 15) is 9.59 Å². The molecule has 4 nitrogen and oxygen atoms in total. The molecule has 21 heavy (non-hydrogen) atoms. The number of carbonyl (C=O) groups is 2. The second-order valence-corrected chi connectivity index (χ2v) is 6.20. The van der Waals surface area contributed by atoms with Gasteiger partial charge in [-0.1, -0.05) is 29.8 Å². The second kappa shape index (κ2) is 6.63. The number of hydrogen-bond acceptors (Lipinski definition) is 4. The summed E-state index contributed by atoms with van der Waals surface area (Å²) in [4.78, 5) is 29.1. The van der Waals surface area contributed by atoms with Gasteiger partial charge in [0.15, 0.2) is 10.9 Å². The Kier molecular flexibility index (Phi) is 4.85. The quantitative estimate of drug-likeness (QED) is 0.857. The van der Waals surface area contributed by atoms with E-state index in [0.717, 1.165) is 16.1 Å². The van der Waals surface area contributed by atoms with E-state index in [0.29, 0.717) is 10.7 Å². The molecule has 0 saturated heterocycles. The van der Waals surface area contributed by atoms with Gasteiger partial charge in [-0.15, -0.1) is 11.3 Å². The van der Waals surface area contributed by atoms with Crippen LogP contribution in [0.1, 0.15) is 39.3 Å². The highest BCUT2D eigenvalue weighted by molar-refractivity contribution is 7.15. The average molecular weight is 302 g/mol. The number of anilines is 1. The lowest BCUT2D eigenvalue weighted by Gasteiger charge is -2.02. The van der Waals surface area contributed by atoms with Crippen LogP contribution in [0.25, 0.3) is 0 Å². The number of nitrogens with one attached hydrogen (secondary N) is 1. The van der Waals surface area contributed by atoms with Crippen molar-refractivity contribution in [1.82, 2.24) is 4.98 Å². The van der Waals surface area contributed by atoms with E-state index < -0.39 is 0 Å². The molecule has 0 atom stereocenters. The van der Waals surface area contributed by atoms with Gasteiger partial charge in [-0.05, 0) is 20.8 Å². The summed E-state index contributed by atoms with van der Waals surface area (Å²) >= 11 is 1.45. The maximum Gasteiger partial charge on any atom is 0.226 e. The largest absolute Gasteiger partial charge is 0.302 e. The van der Waals surface area contributed by atoms with Crippen LogP contribution in [0.2, 0.25) is 0 Å². The molecule has 0 saturated carbocycles. The van der Waals surface area contributed by atoms with E-state index in [-0.39, 0.29) is 24.5 Å². The van der Waals surface area contributed by atoms with Gasteiger partial charge >= 0.3 is 0 Å². The van der Waals surface area contributed by atoms with Gasteiger partial charge in [-0.2, -0.15) is 0 Å². The molecule has 0 aliphatic heterocycles. The molecule has 1 N–H and O–H groups in total. The van der Waals surface area contributed by atoms with Crippen LogP contribution in [0.4, 0.5) is 5.13 Å². The summed E-state index contributed by atoms with van der Waals surface area (Å²) < 4.78 is 0. The number of hydrogen-bond donors (Lipinski definition) is 1. The van der Waals surface area contributed by atoms with Crippen molar-refractivity contribution in [2.75, 3.05) is 5.32 Å². The lowest BCUT2D eigenvalue weighted by Crippen LogP contribution is -2.13. The highest BCUT2D eigenvalue weighted by Gasteiger charge is 2.11. The second-order valence-electron chi connectivity index (χ2n) is 5.00. The summed E-state index contributed by atoms with van der Waals surface area (Å²) in [5.74, 6) is -0.194. The number of thiazole rings is 1. The van der Waals surface area contributed by atoms with Crippen LogP contribution in [-0.2, 0) is 4.79 Å². The SMILES string of the molecule is Cc1ccc(C(=O)CCC(=O)Nc2nc(C)c(C)s2)cc1. The minimum Gasteiger partial charge on any atom is -0.302 e. The third kappa shape index (κ3) is 4.23. The Morgan fingerprint density at radius 1 is 1.10 bits per heavy atom. The summed E-state index contributed by atoms with van der Waals surface area (Å²) in [6.07, 6.45) is 0.378. The van der Waals surface area contributed by atoms with Crippen LogP contribution in [-0.4, -0.2) is 16.7 Å². The van der Waals surface area contributed by atoms with E-state index in [2.05, 4.69) is 10.3 Å². The average Bonchev–Trinajstić information content (AvgIpc) is 2.75. The van der Waals surface area contributed by atoms with Gasteiger partial charge in [-0.3, -0.25) is 9.59 Å². The fourth-order valence-electron chi connectivity index (χ4n) is 1.82. The normalized spacial score (nSPS) is 10.4. The molecule has 0 bridgehead atoms. The zero-order chi connectivity index (χ0) is 15.4. The Hall–Kier alpha value is -2.01. The molecule has 0 radical (unpaired) electrons. The van der Waals surface area contributed by atoms with Crippen molar-refractivity contribution in [2.45, 2.75) is 33.6 Å². The van der Waals surface area contributed by atoms with E-state index in [1.54, 1.807) is 12.1 Å². The van der Waals surface area contributed by atoms with Gasteiger partial charge in [0, 0.05) is 23.3 Å². The molecular weight excluding hydrogens is 284 g/mol. The predicted molar refractivity (Wildman–Crippen MR) is 85.0 cm³/mol. The standard InChI is InChI=1S/C16H18N2O2S/c1-10-4-6-13(7-5-10)14(19)8-9-15(20)18-16-17-11(2)12(3)21-16/h4-7H,8-9H2,1-3H3,(H,17,18,20). The number of aryl methyl sites for hydroxylation is 3. The summed E-state index contributed by atoms with van der Waals surface area (Å²) in [6.45, 7) is 5.84. The molecule has 0 unspecified atom stereocenters. The van der Waals surface area contributed by atoms with E-state index in [1.807, 2.05) is 32.9 Å². The molecule has 0 fully saturated rings. The third-order valence-electron chi connectivity index (χ3n) is 3.23.